The van der Waals surface area contributed by atoms with Crippen LogP contribution in [0.15, 0.2) is 0 Å². The van der Waals surface area contributed by atoms with E-state index in [0.29, 0.717) is 11.5 Å². The molecular formula is C11H21F2NO. The summed E-state index contributed by atoms with van der Waals surface area (Å²) in [6, 6.07) is 0.298. The molecule has 2 N–H and O–H groups in total. The second-order valence-electron chi connectivity index (χ2n) is 5.25. The van der Waals surface area contributed by atoms with Gasteiger partial charge in [0, 0.05) is 12.6 Å². The lowest BCUT2D eigenvalue weighted by Gasteiger charge is -2.35. The van der Waals surface area contributed by atoms with E-state index in [2.05, 4.69) is 19.2 Å². The number of alkyl halides is 2. The SMILES string of the molecule is CC1(C)CCC(NCC(O)C(F)F)CC1. The quantitative estimate of drug-likeness (QED) is 0.762. The predicted octanol–water partition coefficient (Wildman–Crippen LogP) is 2.17. The van der Waals surface area contributed by atoms with Gasteiger partial charge in [0.2, 0.25) is 0 Å². The molecule has 1 atom stereocenters. The largest absolute Gasteiger partial charge is 0.386 e. The lowest BCUT2D eigenvalue weighted by atomic mass is 9.75. The maximum absolute atomic E-state index is 12.0. The molecule has 1 rings (SSSR count). The molecule has 0 bridgehead atoms. The van der Waals surface area contributed by atoms with Crippen molar-refractivity contribution in [2.75, 3.05) is 6.54 Å². The zero-order valence-electron chi connectivity index (χ0n) is 9.47. The molecule has 1 unspecified atom stereocenters. The molecule has 0 radical (unpaired) electrons. The van der Waals surface area contributed by atoms with E-state index >= 15 is 0 Å². The minimum atomic E-state index is -2.64. The normalized spacial score (nSPS) is 24.4. The minimum absolute atomic E-state index is 0.00274. The predicted molar refractivity (Wildman–Crippen MR) is 56.1 cm³/mol. The van der Waals surface area contributed by atoms with Crippen molar-refractivity contribution in [1.29, 1.82) is 0 Å². The van der Waals surface area contributed by atoms with E-state index in [-0.39, 0.29) is 6.54 Å². The first kappa shape index (κ1) is 12.8. The summed E-state index contributed by atoms with van der Waals surface area (Å²) < 4.78 is 24.0. The van der Waals surface area contributed by atoms with Gasteiger partial charge in [0.15, 0.2) is 0 Å². The highest BCUT2D eigenvalue weighted by Gasteiger charge is 2.27. The molecule has 4 heteroatoms. The van der Waals surface area contributed by atoms with Gasteiger partial charge in [0.1, 0.15) is 6.10 Å². The molecule has 0 aromatic carbocycles. The van der Waals surface area contributed by atoms with Crippen molar-refractivity contribution in [3.63, 3.8) is 0 Å². The first-order valence-electron chi connectivity index (χ1n) is 5.60. The van der Waals surface area contributed by atoms with Crippen LogP contribution in [0.1, 0.15) is 39.5 Å². The van der Waals surface area contributed by atoms with E-state index in [1.54, 1.807) is 0 Å². The standard InChI is InChI=1S/C11H21F2NO/c1-11(2)5-3-8(4-6-11)14-7-9(15)10(12)13/h8-10,14-15H,3-7H2,1-2H3. The van der Waals surface area contributed by atoms with Crippen LogP contribution in [0.4, 0.5) is 8.78 Å². The highest BCUT2D eigenvalue weighted by molar-refractivity contribution is 4.82. The smallest absolute Gasteiger partial charge is 0.265 e. The van der Waals surface area contributed by atoms with Gasteiger partial charge in [0.25, 0.3) is 6.43 Å². The van der Waals surface area contributed by atoms with E-state index in [0.717, 1.165) is 25.7 Å². The molecule has 0 saturated heterocycles. The lowest BCUT2D eigenvalue weighted by molar-refractivity contribution is -0.00581. The average Bonchev–Trinajstić information content (AvgIpc) is 2.15. The van der Waals surface area contributed by atoms with Crippen LogP contribution < -0.4 is 5.32 Å². The van der Waals surface area contributed by atoms with Crippen molar-refractivity contribution >= 4 is 0 Å². The molecule has 0 aromatic rings. The van der Waals surface area contributed by atoms with Crippen molar-refractivity contribution in [1.82, 2.24) is 5.32 Å². The summed E-state index contributed by atoms with van der Waals surface area (Å²) >= 11 is 0. The maximum atomic E-state index is 12.0. The van der Waals surface area contributed by atoms with Gasteiger partial charge in [-0.25, -0.2) is 8.78 Å². The maximum Gasteiger partial charge on any atom is 0.265 e. The molecule has 15 heavy (non-hydrogen) atoms. The Labute approximate surface area is 90.1 Å². The molecule has 1 fully saturated rings. The Morgan fingerprint density at radius 3 is 2.33 bits per heavy atom. The van der Waals surface area contributed by atoms with Gasteiger partial charge < -0.3 is 10.4 Å². The van der Waals surface area contributed by atoms with Gasteiger partial charge >= 0.3 is 0 Å². The van der Waals surface area contributed by atoms with Crippen molar-refractivity contribution in [3.05, 3.63) is 0 Å². The summed E-state index contributed by atoms with van der Waals surface area (Å²) in [7, 11) is 0. The van der Waals surface area contributed by atoms with Gasteiger partial charge in [0.05, 0.1) is 0 Å². The third kappa shape index (κ3) is 4.43. The molecule has 0 spiro atoms. The lowest BCUT2D eigenvalue weighted by Crippen LogP contribution is -2.41. The van der Waals surface area contributed by atoms with Gasteiger partial charge in [-0.2, -0.15) is 0 Å². The third-order valence-electron chi connectivity index (χ3n) is 3.25. The molecule has 1 aliphatic carbocycles. The van der Waals surface area contributed by atoms with E-state index in [1.807, 2.05) is 0 Å². The Kier molecular flexibility index (Phi) is 4.46. The zero-order valence-corrected chi connectivity index (χ0v) is 9.47. The number of nitrogens with one attached hydrogen (secondary N) is 1. The van der Waals surface area contributed by atoms with Gasteiger partial charge in [-0.05, 0) is 31.1 Å². The van der Waals surface area contributed by atoms with Crippen LogP contribution in [0, 0.1) is 5.41 Å². The Balaban J connectivity index is 2.19. The van der Waals surface area contributed by atoms with Crippen molar-refractivity contribution < 1.29 is 13.9 Å². The highest BCUT2D eigenvalue weighted by Crippen LogP contribution is 2.34. The summed E-state index contributed by atoms with van der Waals surface area (Å²) in [5.74, 6) is 0. The number of halogens is 2. The zero-order chi connectivity index (χ0) is 11.5. The fourth-order valence-electron chi connectivity index (χ4n) is 1.98. The van der Waals surface area contributed by atoms with Crippen LogP contribution in [0.5, 0.6) is 0 Å². The third-order valence-corrected chi connectivity index (χ3v) is 3.25. The van der Waals surface area contributed by atoms with Gasteiger partial charge in [-0.15, -0.1) is 0 Å². The average molecular weight is 221 g/mol. The van der Waals surface area contributed by atoms with E-state index in [9.17, 15) is 8.78 Å². The number of hydrogen-bond acceptors (Lipinski definition) is 2. The minimum Gasteiger partial charge on any atom is -0.386 e. The van der Waals surface area contributed by atoms with Crippen LogP contribution in [0.25, 0.3) is 0 Å². The Morgan fingerprint density at radius 1 is 1.33 bits per heavy atom. The fraction of sp³-hybridized carbons (Fsp3) is 1.00. The Morgan fingerprint density at radius 2 is 1.87 bits per heavy atom. The molecule has 0 aliphatic heterocycles. The van der Waals surface area contributed by atoms with Crippen molar-refractivity contribution in [3.8, 4) is 0 Å². The molecule has 0 amide bonds. The molecule has 2 nitrogen and oxygen atoms in total. The number of aliphatic hydroxyl groups is 1. The van der Waals surface area contributed by atoms with Crippen LogP contribution >= 0.6 is 0 Å². The summed E-state index contributed by atoms with van der Waals surface area (Å²) in [5.41, 5.74) is 0.388. The van der Waals surface area contributed by atoms with E-state index in [4.69, 9.17) is 5.11 Å². The van der Waals surface area contributed by atoms with E-state index in [1.165, 1.54) is 0 Å². The van der Waals surface area contributed by atoms with Gasteiger partial charge in [-0.1, -0.05) is 13.8 Å². The molecule has 1 saturated carbocycles. The number of hydrogen-bond donors (Lipinski definition) is 2. The van der Waals surface area contributed by atoms with Crippen molar-refractivity contribution in [2.45, 2.75) is 58.1 Å². The second kappa shape index (κ2) is 5.21. The summed E-state index contributed by atoms with van der Waals surface area (Å²) in [4.78, 5) is 0. The Hall–Kier alpha value is -0.220. The second-order valence-corrected chi connectivity index (χ2v) is 5.25. The summed E-state index contributed by atoms with van der Waals surface area (Å²) in [6.07, 6.45) is 0.106. The van der Waals surface area contributed by atoms with Crippen LogP contribution in [-0.2, 0) is 0 Å². The number of rotatable bonds is 4. The van der Waals surface area contributed by atoms with Crippen LogP contribution in [-0.4, -0.2) is 30.2 Å². The summed E-state index contributed by atoms with van der Waals surface area (Å²) in [6.45, 7) is 4.47. The molecular weight excluding hydrogens is 200 g/mol. The molecule has 0 heterocycles. The topological polar surface area (TPSA) is 32.3 Å². The van der Waals surface area contributed by atoms with E-state index < -0.39 is 12.5 Å². The first-order chi connectivity index (χ1) is 6.91. The van der Waals surface area contributed by atoms with Crippen LogP contribution in [0.3, 0.4) is 0 Å². The highest BCUT2D eigenvalue weighted by atomic mass is 19.3. The molecule has 90 valence electrons. The van der Waals surface area contributed by atoms with Crippen LogP contribution in [0.2, 0.25) is 0 Å². The van der Waals surface area contributed by atoms with Gasteiger partial charge in [-0.3, -0.25) is 0 Å². The first-order valence-corrected chi connectivity index (χ1v) is 5.60. The number of aliphatic hydroxyl groups excluding tert-OH is 1. The monoisotopic (exact) mass is 221 g/mol. The Bertz CT molecular complexity index is 187. The fourth-order valence-corrected chi connectivity index (χ4v) is 1.98. The molecule has 1 aliphatic rings. The van der Waals surface area contributed by atoms with Crippen molar-refractivity contribution in [2.24, 2.45) is 5.41 Å². The summed E-state index contributed by atoms with van der Waals surface area (Å²) in [5, 5.41) is 12.0. The molecule has 0 aromatic heterocycles.